The first-order valence-electron chi connectivity index (χ1n) is 9.94. The molecule has 1 saturated heterocycles. The Kier molecular flexibility index (Phi) is 6.06. The zero-order chi connectivity index (χ0) is 18.7. The average Bonchev–Trinajstić information content (AvgIpc) is 2.80. The molecule has 144 valence electrons. The molecule has 1 aliphatic heterocycles. The van der Waals surface area contributed by atoms with E-state index in [1.54, 1.807) is 0 Å². The van der Waals surface area contributed by atoms with Gasteiger partial charge in [-0.1, -0.05) is 44.2 Å². The molecule has 1 aromatic rings. The molecule has 0 radical (unpaired) electrons. The minimum absolute atomic E-state index is 0.0691. The highest BCUT2D eigenvalue weighted by molar-refractivity contribution is 7.91. The highest BCUT2D eigenvalue weighted by Gasteiger charge is 2.35. The van der Waals surface area contributed by atoms with Crippen molar-refractivity contribution in [2.24, 2.45) is 17.8 Å². The van der Waals surface area contributed by atoms with Crippen molar-refractivity contribution in [1.82, 2.24) is 4.90 Å². The topological polar surface area (TPSA) is 54.5 Å². The normalized spacial score (nSPS) is 29.3. The first-order chi connectivity index (χ1) is 12.4. The first kappa shape index (κ1) is 19.4. The van der Waals surface area contributed by atoms with Crippen molar-refractivity contribution in [3.05, 3.63) is 35.9 Å². The summed E-state index contributed by atoms with van der Waals surface area (Å²) in [7, 11) is -3.22. The smallest absolute Gasteiger partial charge is 0.225 e. The third-order valence-electron chi connectivity index (χ3n) is 6.29. The van der Waals surface area contributed by atoms with E-state index in [1.165, 1.54) is 0 Å². The summed E-state index contributed by atoms with van der Waals surface area (Å²) in [4.78, 5) is 14.8. The molecule has 1 atom stereocenters. The number of hydrogen-bond acceptors (Lipinski definition) is 3. The lowest BCUT2D eigenvalue weighted by atomic mass is 9.76. The van der Waals surface area contributed by atoms with Crippen molar-refractivity contribution in [2.75, 3.05) is 18.8 Å². The maximum atomic E-state index is 13.0. The molecule has 26 heavy (non-hydrogen) atoms. The SMILES string of the molecule is CC(C)C1CCC(C(=O)N2CCC(c3ccccc3)S(=O)(=O)CC2)CC1. The van der Waals surface area contributed by atoms with Crippen molar-refractivity contribution >= 4 is 15.7 Å². The van der Waals surface area contributed by atoms with Crippen molar-refractivity contribution < 1.29 is 13.2 Å². The summed E-state index contributed by atoms with van der Waals surface area (Å²) >= 11 is 0. The number of rotatable bonds is 3. The van der Waals surface area contributed by atoms with Gasteiger partial charge in [0.2, 0.25) is 5.91 Å². The Morgan fingerprint density at radius 1 is 1.00 bits per heavy atom. The van der Waals surface area contributed by atoms with Crippen LogP contribution in [0.5, 0.6) is 0 Å². The third-order valence-corrected chi connectivity index (χ3v) is 8.41. The van der Waals surface area contributed by atoms with Gasteiger partial charge in [-0.3, -0.25) is 4.79 Å². The van der Waals surface area contributed by atoms with E-state index in [2.05, 4.69) is 13.8 Å². The molecular weight excluding hydrogens is 346 g/mol. The predicted molar refractivity (Wildman–Crippen MR) is 104 cm³/mol. The average molecular weight is 378 g/mol. The van der Waals surface area contributed by atoms with Gasteiger partial charge in [-0.05, 0) is 49.5 Å². The summed E-state index contributed by atoms with van der Waals surface area (Å²) in [6, 6.07) is 9.42. The maximum Gasteiger partial charge on any atom is 0.225 e. The fourth-order valence-electron chi connectivity index (χ4n) is 4.50. The number of carbonyl (C=O) groups is 1. The lowest BCUT2D eigenvalue weighted by Gasteiger charge is -2.33. The Balaban J connectivity index is 1.65. The standard InChI is InChI=1S/C21H31NO3S/c1-16(2)17-8-10-19(11-9-17)21(23)22-13-12-20(26(24,25)15-14-22)18-6-4-3-5-7-18/h3-7,16-17,19-20H,8-15H2,1-2H3. The zero-order valence-corrected chi connectivity index (χ0v) is 16.7. The quantitative estimate of drug-likeness (QED) is 0.804. The van der Waals surface area contributed by atoms with E-state index in [-0.39, 0.29) is 17.6 Å². The minimum atomic E-state index is -3.22. The van der Waals surface area contributed by atoms with Gasteiger partial charge in [0.15, 0.2) is 9.84 Å². The van der Waals surface area contributed by atoms with Gasteiger partial charge in [-0.2, -0.15) is 0 Å². The molecule has 1 amide bonds. The van der Waals surface area contributed by atoms with E-state index in [1.807, 2.05) is 35.2 Å². The Morgan fingerprint density at radius 2 is 1.65 bits per heavy atom. The number of nitrogens with zero attached hydrogens (tertiary/aromatic N) is 1. The van der Waals surface area contributed by atoms with Crippen molar-refractivity contribution in [3.63, 3.8) is 0 Å². The summed E-state index contributed by atoms with van der Waals surface area (Å²) in [6.07, 6.45) is 4.64. The summed E-state index contributed by atoms with van der Waals surface area (Å²) in [6.45, 7) is 5.41. The summed E-state index contributed by atoms with van der Waals surface area (Å²) in [5, 5.41) is -0.488. The predicted octanol–water partition coefficient (Wildman–Crippen LogP) is 3.84. The Hall–Kier alpha value is -1.36. The fraction of sp³-hybridized carbons (Fsp3) is 0.667. The molecule has 0 bridgehead atoms. The van der Waals surface area contributed by atoms with Crippen LogP contribution < -0.4 is 0 Å². The first-order valence-corrected chi connectivity index (χ1v) is 11.7. The molecule has 4 nitrogen and oxygen atoms in total. The third kappa shape index (κ3) is 4.30. The second-order valence-electron chi connectivity index (χ2n) is 8.24. The van der Waals surface area contributed by atoms with E-state index in [0.29, 0.717) is 25.4 Å². The molecule has 1 unspecified atom stereocenters. The van der Waals surface area contributed by atoms with Crippen LogP contribution in [0.1, 0.15) is 56.8 Å². The van der Waals surface area contributed by atoms with Crippen LogP contribution in [0.2, 0.25) is 0 Å². The molecule has 1 heterocycles. The van der Waals surface area contributed by atoms with E-state index >= 15 is 0 Å². The van der Waals surface area contributed by atoms with Crippen LogP contribution in [0.15, 0.2) is 30.3 Å². The molecular formula is C21H31NO3S. The molecule has 1 saturated carbocycles. The summed E-state index contributed by atoms with van der Waals surface area (Å²) in [5.74, 6) is 1.74. The van der Waals surface area contributed by atoms with Crippen LogP contribution in [0.25, 0.3) is 0 Å². The molecule has 2 aliphatic rings. The lowest BCUT2D eigenvalue weighted by Crippen LogP contribution is -2.39. The summed E-state index contributed by atoms with van der Waals surface area (Å²) < 4.78 is 25.5. The van der Waals surface area contributed by atoms with Crippen LogP contribution in [0, 0.1) is 17.8 Å². The molecule has 2 fully saturated rings. The van der Waals surface area contributed by atoms with Gasteiger partial charge in [0.25, 0.3) is 0 Å². The monoisotopic (exact) mass is 377 g/mol. The van der Waals surface area contributed by atoms with Crippen molar-refractivity contribution in [1.29, 1.82) is 0 Å². The number of hydrogen-bond donors (Lipinski definition) is 0. The van der Waals surface area contributed by atoms with E-state index in [0.717, 1.165) is 37.2 Å². The van der Waals surface area contributed by atoms with Gasteiger partial charge in [0.05, 0.1) is 11.0 Å². The van der Waals surface area contributed by atoms with Gasteiger partial charge in [0, 0.05) is 19.0 Å². The molecule has 0 spiro atoms. The number of amides is 1. The molecule has 0 aromatic heterocycles. The van der Waals surface area contributed by atoms with Gasteiger partial charge in [-0.15, -0.1) is 0 Å². The zero-order valence-electron chi connectivity index (χ0n) is 15.9. The number of sulfone groups is 1. The Labute approximate surface area is 157 Å². The van der Waals surface area contributed by atoms with Gasteiger partial charge < -0.3 is 4.90 Å². The Morgan fingerprint density at radius 3 is 2.27 bits per heavy atom. The second kappa shape index (κ2) is 8.12. The summed E-state index contributed by atoms with van der Waals surface area (Å²) in [5.41, 5.74) is 0.847. The molecule has 0 N–H and O–H groups in total. The number of carbonyl (C=O) groups excluding carboxylic acids is 1. The highest BCUT2D eigenvalue weighted by Crippen LogP contribution is 2.35. The highest BCUT2D eigenvalue weighted by atomic mass is 32.2. The second-order valence-corrected chi connectivity index (χ2v) is 10.5. The van der Waals surface area contributed by atoms with Crippen molar-refractivity contribution in [3.8, 4) is 0 Å². The molecule has 1 aromatic carbocycles. The lowest BCUT2D eigenvalue weighted by molar-refractivity contribution is -0.136. The van der Waals surface area contributed by atoms with E-state index < -0.39 is 15.1 Å². The Bertz CT molecular complexity index is 706. The number of benzene rings is 1. The molecule has 1 aliphatic carbocycles. The van der Waals surface area contributed by atoms with Crippen LogP contribution in [0.4, 0.5) is 0 Å². The van der Waals surface area contributed by atoms with E-state index in [9.17, 15) is 13.2 Å². The van der Waals surface area contributed by atoms with Crippen LogP contribution >= 0.6 is 0 Å². The fourth-order valence-corrected chi connectivity index (χ4v) is 6.29. The van der Waals surface area contributed by atoms with Crippen LogP contribution in [-0.2, 0) is 14.6 Å². The largest absolute Gasteiger partial charge is 0.341 e. The van der Waals surface area contributed by atoms with Crippen LogP contribution in [0.3, 0.4) is 0 Å². The van der Waals surface area contributed by atoms with Crippen LogP contribution in [-0.4, -0.2) is 38.1 Å². The van der Waals surface area contributed by atoms with Crippen molar-refractivity contribution in [2.45, 2.75) is 51.2 Å². The van der Waals surface area contributed by atoms with Gasteiger partial charge in [-0.25, -0.2) is 8.42 Å². The maximum absolute atomic E-state index is 13.0. The van der Waals surface area contributed by atoms with E-state index in [4.69, 9.17) is 0 Å². The molecule has 3 rings (SSSR count). The minimum Gasteiger partial charge on any atom is -0.341 e. The van der Waals surface area contributed by atoms with Gasteiger partial charge >= 0.3 is 0 Å². The van der Waals surface area contributed by atoms with Gasteiger partial charge in [0.1, 0.15) is 0 Å². The molecule has 5 heteroatoms.